The van der Waals surface area contributed by atoms with E-state index in [2.05, 4.69) is 36.7 Å². The van der Waals surface area contributed by atoms with Gasteiger partial charge >= 0.3 is 0 Å². The van der Waals surface area contributed by atoms with Gasteiger partial charge in [-0.25, -0.2) is 4.68 Å². The second kappa shape index (κ2) is 7.57. The van der Waals surface area contributed by atoms with Gasteiger partial charge in [-0.1, -0.05) is 25.5 Å². The van der Waals surface area contributed by atoms with Crippen molar-refractivity contribution < 1.29 is 5.11 Å². The van der Waals surface area contributed by atoms with Crippen molar-refractivity contribution in [2.24, 2.45) is 28.6 Å². The van der Waals surface area contributed by atoms with Crippen LogP contribution in [0.5, 0.6) is 0 Å². The van der Waals surface area contributed by atoms with Crippen molar-refractivity contribution in [2.45, 2.75) is 77.2 Å². The van der Waals surface area contributed by atoms with Crippen LogP contribution in [-0.4, -0.2) is 21.0 Å². The molecule has 33 heavy (non-hydrogen) atoms. The van der Waals surface area contributed by atoms with Crippen LogP contribution in [0.25, 0.3) is 5.69 Å². The third-order valence-corrected chi connectivity index (χ3v) is 10.3. The Balaban J connectivity index is 1.31. The molecule has 1 aromatic carbocycles. The zero-order valence-electron chi connectivity index (χ0n) is 19.9. The standard InChI is InChI=1S/C29H35N3O/c1-28-14-11-22(33)17-20(28)5-8-23-24-9-10-26(29(24,2)15-12-25(23)28)27-13-16-31-32(27)21-6-3-19(18-30)4-7-21/h3-7,13,16,22-26,33H,8-12,14-15,17H2,1-2H3/t22-,23-,24-,25-,26+,28-,29-/m0/s1. The van der Waals surface area contributed by atoms with E-state index in [0.717, 1.165) is 42.7 Å². The molecule has 0 amide bonds. The molecule has 4 heteroatoms. The minimum Gasteiger partial charge on any atom is -0.393 e. The van der Waals surface area contributed by atoms with Crippen molar-refractivity contribution in [3.8, 4) is 11.8 Å². The molecule has 6 rings (SSSR count). The van der Waals surface area contributed by atoms with Gasteiger partial charge in [0.05, 0.1) is 23.4 Å². The summed E-state index contributed by atoms with van der Waals surface area (Å²) in [6.45, 7) is 5.07. The second-order valence-electron chi connectivity index (χ2n) is 11.7. The summed E-state index contributed by atoms with van der Waals surface area (Å²) in [4.78, 5) is 0. The van der Waals surface area contributed by atoms with E-state index in [1.807, 2.05) is 30.5 Å². The Bertz CT molecular complexity index is 1120. The largest absolute Gasteiger partial charge is 0.393 e. The van der Waals surface area contributed by atoms with Crippen molar-refractivity contribution in [1.29, 1.82) is 5.26 Å². The molecule has 4 aliphatic rings. The molecular weight excluding hydrogens is 406 g/mol. The fraction of sp³-hybridized carbons (Fsp3) is 0.586. The van der Waals surface area contributed by atoms with Gasteiger partial charge in [-0.2, -0.15) is 10.4 Å². The molecule has 3 fully saturated rings. The molecule has 0 saturated heterocycles. The Morgan fingerprint density at radius 3 is 2.64 bits per heavy atom. The topological polar surface area (TPSA) is 61.8 Å². The third-order valence-electron chi connectivity index (χ3n) is 10.3. The fourth-order valence-corrected chi connectivity index (χ4v) is 8.60. The van der Waals surface area contributed by atoms with Crippen LogP contribution in [0.4, 0.5) is 0 Å². The lowest BCUT2D eigenvalue weighted by Crippen LogP contribution is -2.50. The second-order valence-corrected chi connectivity index (χ2v) is 11.7. The summed E-state index contributed by atoms with van der Waals surface area (Å²) in [7, 11) is 0. The number of aliphatic hydroxyl groups excluding tert-OH is 1. The average molecular weight is 442 g/mol. The summed E-state index contributed by atoms with van der Waals surface area (Å²) in [5.41, 5.74) is 5.23. The first-order chi connectivity index (χ1) is 15.9. The van der Waals surface area contributed by atoms with Gasteiger partial charge in [0.15, 0.2) is 0 Å². The summed E-state index contributed by atoms with van der Waals surface area (Å²) in [6.07, 6.45) is 13.7. The number of hydrogen-bond acceptors (Lipinski definition) is 3. The first kappa shape index (κ1) is 21.2. The number of hydrogen-bond donors (Lipinski definition) is 1. The number of aromatic nitrogens is 2. The maximum atomic E-state index is 10.3. The summed E-state index contributed by atoms with van der Waals surface area (Å²) in [5, 5.41) is 24.1. The SMILES string of the molecule is C[C@]12CC[C@H]3[C@@H](CC=C4C[C@@H](O)CC[C@@]43C)[C@@H]1CC[C@@H]2c1ccnn1-c1ccc(C#N)cc1. The van der Waals surface area contributed by atoms with Gasteiger partial charge in [0.1, 0.15) is 0 Å². The van der Waals surface area contributed by atoms with Gasteiger partial charge < -0.3 is 5.11 Å². The zero-order chi connectivity index (χ0) is 22.8. The summed E-state index contributed by atoms with van der Waals surface area (Å²) in [6, 6.07) is 12.3. The van der Waals surface area contributed by atoms with Crippen LogP contribution in [0.2, 0.25) is 0 Å². The van der Waals surface area contributed by atoms with Gasteiger partial charge in [-0.15, -0.1) is 0 Å². The normalized spacial score (nSPS) is 39.7. The maximum Gasteiger partial charge on any atom is 0.0991 e. The van der Waals surface area contributed by atoms with E-state index >= 15 is 0 Å². The summed E-state index contributed by atoms with van der Waals surface area (Å²) in [5.74, 6) is 2.81. The van der Waals surface area contributed by atoms with E-state index in [4.69, 9.17) is 10.4 Å². The molecule has 3 saturated carbocycles. The Kier molecular flexibility index (Phi) is 4.86. The van der Waals surface area contributed by atoms with Gasteiger partial charge in [-0.05, 0) is 110 Å². The molecule has 7 atom stereocenters. The van der Waals surface area contributed by atoms with Crippen LogP contribution in [0.1, 0.15) is 82.4 Å². The lowest BCUT2D eigenvalue weighted by molar-refractivity contribution is -0.0414. The zero-order valence-corrected chi connectivity index (χ0v) is 19.9. The minimum absolute atomic E-state index is 0.131. The van der Waals surface area contributed by atoms with E-state index in [1.54, 1.807) is 5.57 Å². The smallest absolute Gasteiger partial charge is 0.0991 e. The van der Waals surface area contributed by atoms with Crippen LogP contribution >= 0.6 is 0 Å². The molecule has 1 N–H and O–H groups in total. The van der Waals surface area contributed by atoms with Crippen molar-refractivity contribution in [3.63, 3.8) is 0 Å². The fourth-order valence-electron chi connectivity index (χ4n) is 8.60. The number of aliphatic hydroxyl groups is 1. The molecule has 4 nitrogen and oxygen atoms in total. The van der Waals surface area contributed by atoms with Crippen LogP contribution in [0.3, 0.4) is 0 Å². The van der Waals surface area contributed by atoms with Crippen molar-refractivity contribution in [3.05, 3.63) is 59.4 Å². The van der Waals surface area contributed by atoms with E-state index in [0.29, 0.717) is 22.3 Å². The first-order valence-electron chi connectivity index (χ1n) is 12.9. The highest BCUT2D eigenvalue weighted by molar-refractivity contribution is 5.40. The molecule has 0 aliphatic heterocycles. The van der Waals surface area contributed by atoms with Gasteiger partial charge in [0.25, 0.3) is 0 Å². The Hall–Kier alpha value is -2.38. The lowest BCUT2D eigenvalue weighted by atomic mass is 9.47. The number of nitrogens with zero attached hydrogens (tertiary/aromatic N) is 3. The van der Waals surface area contributed by atoms with Crippen molar-refractivity contribution >= 4 is 0 Å². The lowest BCUT2D eigenvalue weighted by Gasteiger charge is -2.58. The highest BCUT2D eigenvalue weighted by Crippen LogP contribution is 2.68. The van der Waals surface area contributed by atoms with Crippen LogP contribution in [0.15, 0.2) is 48.2 Å². The predicted molar refractivity (Wildman–Crippen MR) is 129 cm³/mol. The molecule has 1 aromatic heterocycles. The number of allylic oxidation sites excluding steroid dienone is 1. The first-order valence-corrected chi connectivity index (χ1v) is 12.9. The number of benzene rings is 1. The molecule has 0 unspecified atom stereocenters. The Labute approximate surface area is 197 Å². The predicted octanol–water partition coefficient (Wildman–Crippen LogP) is 6.15. The monoisotopic (exact) mass is 441 g/mol. The quantitative estimate of drug-likeness (QED) is 0.569. The van der Waals surface area contributed by atoms with Crippen molar-refractivity contribution in [2.75, 3.05) is 0 Å². The molecule has 1 heterocycles. The highest BCUT2D eigenvalue weighted by atomic mass is 16.3. The van der Waals surface area contributed by atoms with Crippen LogP contribution in [0, 0.1) is 39.9 Å². The molecule has 0 spiro atoms. The molecule has 172 valence electrons. The molecule has 0 radical (unpaired) electrons. The van der Waals surface area contributed by atoms with Gasteiger partial charge in [-0.3, -0.25) is 0 Å². The number of rotatable bonds is 2. The van der Waals surface area contributed by atoms with Gasteiger partial charge in [0, 0.05) is 17.8 Å². The number of fused-ring (bicyclic) bond motifs is 5. The Morgan fingerprint density at radius 1 is 1.03 bits per heavy atom. The van der Waals surface area contributed by atoms with E-state index < -0.39 is 0 Å². The Morgan fingerprint density at radius 2 is 1.85 bits per heavy atom. The molecular formula is C29H35N3O. The average Bonchev–Trinajstić information content (AvgIpc) is 3.43. The highest BCUT2D eigenvalue weighted by Gasteiger charge is 2.59. The summed E-state index contributed by atoms with van der Waals surface area (Å²) >= 11 is 0. The minimum atomic E-state index is -0.131. The molecule has 0 bridgehead atoms. The van der Waals surface area contributed by atoms with Crippen LogP contribution in [-0.2, 0) is 0 Å². The van der Waals surface area contributed by atoms with E-state index in [-0.39, 0.29) is 6.10 Å². The van der Waals surface area contributed by atoms with Gasteiger partial charge in [0.2, 0.25) is 0 Å². The van der Waals surface area contributed by atoms with Crippen molar-refractivity contribution in [1.82, 2.24) is 9.78 Å². The molecule has 4 aliphatic carbocycles. The summed E-state index contributed by atoms with van der Waals surface area (Å²) < 4.78 is 2.12. The maximum absolute atomic E-state index is 10.3. The molecule has 2 aromatic rings. The van der Waals surface area contributed by atoms with Crippen LogP contribution < -0.4 is 0 Å². The van der Waals surface area contributed by atoms with E-state index in [9.17, 15) is 5.11 Å². The van der Waals surface area contributed by atoms with E-state index in [1.165, 1.54) is 37.8 Å². The number of nitriles is 1. The third kappa shape index (κ3) is 3.08.